The van der Waals surface area contributed by atoms with Crippen LogP contribution < -0.4 is 4.90 Å². The van der Waals surface area contributed by atoms with Gasteiger partial charge in [0.1, 0.15) is 11.2 Å². The number of rotatable bonds is 5. The van der Waals surface area contributed by atoms with Crippen molar-refractivity contribution in [1.29, 1.82) is 0 Å². The number of furan rings is 1. The van der Waals surface area contributed by atoms with Crippen LogP contribution in [-0.2, 0) is 5.41 Å². The van der Waals surface area contributed by atoms with Crippen molar-refractivity contribution in [2.24, 2.45) is 29.1 Å². The lowest BCUT2D eigenvalue weighted by Crippen LogP contribution is -2.25. The molecule has 0 aliphatic heterocycles. The molecular weight excluding hydrogens is 679 g/mol. The Bertz CT molecular complexity index is 2840. The standard InChI is InChI=1S/C54H45NO/c1-53(2)48-18-9-6-15-42(48)46-31-36(23-29-49(46)53)35-12-11-13-39(30-35)55(40-26-28-43-41-14-5-8-17-47(41)54(3,4)50(43)33-40)38-24-20-34(21-25-38)37-22-27-45-44-16-7-10-19-51(44)56-52(45)32-37/h5-33,42,46,48-49H,1-4H3. The maximum atomic E-state index is 6.27. The third kappa shape index (κ3) is 4.94. The number of nitrogens with zero attached hydrogens (tertiary/aromatic N) is 1. The molecule has 2 heteroatoms. The summed E-state index contributed by atoms with van der Waals surface area (Å²) in [6.45, 7) is 9.64. The van der Waals surface area contributed by atoms with Crippen molar-refractivity contribution in [3.63, 3.8) is 0 Å². The third-order valence-electron chi connectivity index (χ3n) is 13.7. The van der Waals surface area contributed by atoms with Gasteiger partial charge in [-0.15, -0.1) is 0 Å². The number of benzene rings is 6. The van der Waals surface area contributed by atoms with E-state index in [1.54, 1.807) is 0 Å². The zero-order valence-corrected chi connectivity index (χ0v) is 32.4. The number of para-hydroxylation sites is 1. The van der Waals surface area contributed by atoms with Crippen molar-refractivity contribution in [3.05, 3.63) is 193 Å². The predicted octanol–water partition coefficient (Wildman–Crippen LogP) is 14.6. The molecule has 7 aromatic rings. The van der Waals surface area contributed by atoms with Crippen LogP contribution >= 0.6 is 0 Å². The van der Waals surface area contributed by atoms with Gasteiger partial charge in [0, 0.05) is 33.2 Å². The smallest absolute Gasteiger partial charge is 0.136 e. The van der Waals surface area contributed by atoms with E-state index in [0.29, 0.717) is 23.7 Å². The predicted molar refractivity (Wildman–Crippen MR) is 235 cm³/mol. The summed E-state index contributed by atoms with van der Waals surface area (Å²) in [5.74, 6) is 2.11. The molecule has 0 N–H and O–H groups in total. The van der Waals surface area contributed by atoms with E-state index in [0.717, 1.165) is 50.1 Å². The second-order valence-electron chi connectivity index (χ2n) is 17.4. The average molecular weight is 724 g/mol. The Morgan fingerprint density at radius 1 is 0.500 bits per heavy atom. The van der Waals surface area contributed by atoms with Crippen LogP contribution in [0.3, 0.4) is 0 Å². The molecule has 1 aromatic heterocycles. The molecule has 4 unspecified atom stereocenters. The van der Waals surface area contributed by atoms with Gasteiger partial charge >= 0.3 is 0 Å². The van der Waals surface area contributed by atoms with Crippen LogP contribution in [0.5, 0.6) is 0 Å². The molecule has 0 bridgehead atoms. The fourth-order valence-electron chi connectivity index (χ4n) is 10.8. The molecule has 4 aliphatic carbocycles. The summed E-state index contributed by atoms with van der Waals surface area (Å²) < 4.78 is 6.27. The van der Waals surface area contributed by atoms with Crippen molar-refractivity contribution in [1.82, 2.24) is 0 Å². The summed E-state index contributed by atoms with van der Waals surface area (Å²) in [6, 6.07) is 49.0. The number of hydrogen-bond acceptors (Lipinski definition) is 2. The zero-order chi connectivity index (χ0) is 37.8. The van der Waals surface area contributed by atoms with Gasteiger partial charge in [-0.2, -0.15) is 0 Å². The second kappa shape index (κ2) is 12.2. The van der Waals surface area contributed by atoms with Crippen LogP contribution in [0.25, 0.3) is 49.8 Å². The molecule has 0 spiro atoms. The van der Waals surface area contributed by atoms with Crippen molar-refractivity contribution in [2.75, 3.05) is 4.90 Å². The van der Waals surface area contributed by atoms with Crippen LogP contribution in [0.2, 0.25) is 0 Å². The fraction of sp³-hybridized carbons (Fsp3) is 0.185. The SMILES string of the molecule is CC1(C)c2ccccc2-c2ccc(N(c3ccc(-c4ccc5c(c4)oc4ccccc45)cc3)c3cccc(C4=CC5C6C=CC=CC6C(C)(C)C5C=C4)c3)cc21. The first-order valence-corrected chi connectivity index (χ1v) is 20.2. The van der Waals surface area contributed by atoms with E-state index in [1.165, 1.54) is 33.4 Å². The minimum Gasteiger partial charge on any atom is -0.456 e. The summed E-state index contributed by atoms with van der Waals surface area (Å²) in [4.78, 5) is 2.44. The Hall–Kier alpha value is -6.12. The second-order valence-corrected chi connectivity index (χ2v) is 17.4. The minimum absolute atomic E-state index is 0.0987. The van der Waals surface area contributed by atoms with Gasteiger partial charge < -0.3 is 9.32 Å². The molecule has 0 amide bonds. The van der Waals surface area contributed by atoms with Crippen LogP contribution in [0.4, 0.5) is 17.1 Å². The summed E-state index contributed by atoms with van der Waals surface area (Å²) in [5, 5.41) is 2.30. The Balaban J connectivity index is 1.00. The topological polar surface area (TPSA) is 16.4 Å². The number of allylic oxidation sites excluding steroid dienone is 8. The molecule has 272 valence electrons. The van der Waals surface area contributed by atoms with E-state index in [9.17, 15) is 0 Å². The summed E-state index contributed by atoms with van der Waals surface area (Å²) in [6.07, 6.45) is 16.9. The average Bonchev–Trinajstić information content (AvgIpc) is 3.80. The number of anilines is 3. The van der Waals surface area contributed by atoms with Gasteiger partial charge in [0.05, 0.1) is 0 Å². The molecule has 6 aromatic carbocycles. The highest BCUT2D eigenvalue weighted by atomic mass is 16.3. The maximum absolute atomic E-state index is 6.27. The highest BCUT2D eigenvalue weighted by Crippen LogP contribution is 2.59. The van der Waals surface area contributed by atoms with Crippen molar-refractivity contribution >= 4 is 44.6 Å². The first-order valence-electron chi connectivity index (χ1n) is 20.2. The van der Waals surface area contributed by atoms with E-state index in [-0.39, 0.29) is 10.8 Å². The van der Waals surface area contributed by atoms with E-state index < -0.39 is 0 Å². The molecule has 4 atom stereocenters. The van der Waals surface area contributed by atoms with Gasteiger partial charge in [0.25, 0.3) is 0 Å². The molecular formula is C54H45NO. The minimum atomic E-state index is -0.0987. The Labute approximate surface area is 329 Å². The largest absolute Gasteiger partial charge is 0.456 e. The summed E-state index contributed by atoms with van der Waals surface area (Å²) in [7, 11) is 0. The zero-order valence-electron chi connectivity index (χ0n) is 32.4. The maximum Gasteiger partial charge on any atom is 0.136 e. The first kappa shape index (κ1) is 33.2. The van der Waals surface area contributed by atoms with Crippen LogP contribution in [0.1, 0.15) is 44.4 Å². The van der Waals surface area contributed by atoms with E-state index in [4.69, 9.17) is 4.42 Å². The summed E-state index contributed by atoms with van der Waals surface area (Å²) >= 11 is 0. The molecule has 1 fully saturated rings. The van der Waals surface area contributed by atoms with Gasteiger partial charge in [-0.05, 0) is 128 Å². The van der Waals surface area contributed by atoms with Gasteiger partial charge in [0.2, 0.25) is 0 Å². The number of fused-ring (bicyclic) bond motifs is 9. The van der Waals surface area contributed by atoms with Gasteiger partial charge in [-0.3, -0.25) is 0 Å². The molecule has 4 aliphatic rings. The Morgan fingerprint density at radius 2 is 1.21 bits per heavy atom. The van der Waals surface area contributed by atoms with E-state index in [2.05, 4.69) is 196 Å². The Morgan fingerprint density at radius 3 is 2.11 bits per heavy atom. The molecule has 1 heterocycles. The van der Waals surface area contributed by atoms with Crippen LogP contribution in [0.15, 0.2) is 180 Å². The molecule has 0 radical (unpaired) electrons. The molecule has 1 saturated carbocycles. The van der Waals surface area contributed by atoms with Crippen LogP contribution in [0, 0.1) is 29.1 Å². The van der Waals surface area contributed by atoms with Gasteiger partial charge in [-0.1, -0.05) is 149 Å². The van der Waals surface area contributed by atoms with Crippen molar-refractivity contribution < 1.29 is 4.42 Å². The lowest BCUT2D eigenvalue weighted by molar-refractivity contribution is 0.238. The fourth-order valence-corrected chi connectivity index (χ4v) is 10.8. The van der Waals surface area contributed by atoms with E-state index in [1.807, 2.05) is 12.1 Å². The highest BCUT2D eigenvalue weighted by Gasteiger charge is 2.52. The quantitative estimate of drug-likeness (QED) is 0.176. The van der Waals surface area contributed by atoms with Crippen molar-refractivity contribution in [3.8, 4) is 22.3 Å². The monoisotopic (exact) mass is 723 g/mol. The number of hydrogen-bond donors (Lipinski definition) is 0. The Kier molecular flexibility index (Phi) is 7.23. The lowest BCUT2D eigenvalue weighted by Gasteiger charge is -2.32. The van der Waals surface area contributed by atoms with E-state index >= 15 is 0 Å². The van der Waals surface area contributed by atoms with Crippen molar-refractivity contribution in [2.45, 2.75) is 33.1 Å². The molecule has 0 saturated heterocycles. The molecule has 56 heavy (non-hydrogen) atoms. The third-order valence-corrected chi connectivity index (χ3v) is 13.7. The molecule has 11 rings (SSSR count). The van der Waals surface area contributed by atoms with Gasteiger partial charge in [0.15, 0.2) is 0 Å². The summed E-state index contributed by atoms with van der Waals surface area (Å²) in [5.41, 5.74) is 15.7. The lowest BCUT2D eigenvalue weighted by atomic mass is 9.72. The first-order chi connectivity index (χ1) is 27.3. The molecule has 2 nitrogen and oxygen atoms in total. The van der Waals surface area contributed by atoms with Crippen LogP contribution in [-0.4, -0.2) is 0 Å². The normalized spacial score (nSPS) is 22.1. The van der Waals surface area contributed by atoms with Gasteiger partial charge in [-0.25, -0.2) is 0 Å². The highest BCUT2D eigenvalue weighted by molar-refractivity contribution is 6.06.